The molecule has 0 bridgehead atoms. The Morgan fingerprint density at radius 2 is 2.21 bits per heavy atom. The fourth-order valence-corrected chi connectivity index (χ4v) is 1.58. The van der Waals surface area contributed by atoms with Crippen molar-refractivity contribution in [3.63, 3.8) is 0 Å². The highest BCUT2D eigenvalue weighted by molar-refractivity contribution is 14.1. The minimum Gasteiger partial charge on any atom is -0.220 e. The Morgan fingerprint density at radius 3 is 2.79 bits per heavy atom. The molecule has 0 saturated heterocycles. The van der Waals surface area contributed by atoms with E-state index in [4.69, 9.17) is 0 Å². The van der Waals surface area contributed by atoms with Crippen LogP contribution in [0.3, 0.4) is 0 Å². The van der Waals surface area contributed by atoms with Crippen molar-refractivity contribution in [3.05, 3.63) is 39.7 Å². The van der Waals surface area contributed by atoms with E-state index in [-0.39, 0.29) is 5.82 Å². The van der Waals surface area contributed by atoms with E-state index >= 15 is 0 Å². The third kappa shape index (κ3) is 1.77. The van der Waals surface area contributed by atoms with Gasteiger partial charge < -0.3 is 0 Å². The smallest absolute Gasteiger partial charge is 0.149 e. The van der Waals surface area contributed by atoms with E-state index in [1.165, 1.54) is 17.1 Å². The molecule has 1 aromatic carbocycles. The van der Waals surface area contributed by atoms with Crippen LogP contribution in [0.4, 0.5) is 4.39 Å². The Kier molecular flexibility index (Phi) is 2.49. The summed E-state index contributed by atoms with van der Waals surface area (Å²) in [6.45, 7) is 1.76. The van der Waals surface area contributed by atoms with E-state index in [1.54, 1.807) is 13.0 Å². The SMILES string of the molecule is Cc1ncn(-c2ccc(I)cc2F)n1. The molecule has 0 N–H and O–H groups in total. The number of nitrogens with zero attached hydrogens (tertiary/aromatic N) is 3. The van der Waals surface area contributed by atoms with Gasteiger partial charge in [0.2, 0.25) is 0 Å². The summed E-state index contributed by atoms with van der Waals surface area (Å²) in [6, 6.07) is 4.98. The predicted octanol–water partition coefficient (Wildman–Crippen LogP) is 2.32. The molecule has 1 heterocycles. The largest absolute Gasteiger partial charge is 0.220 e. The summed E-state index contributed by atoms with van der Waals surface area (Å²) >= 11 is 2.06. The highest BCUT2D eigenvalue weighted by atomic mass is 127. The van der Waals surface area contributed by atoms with Gasteiger partial charge in [-0.2, -0.15) is 5.10 Å². The summed E-state index contributed by atoms with van der Waals surface area (Å²) in [5.41, 5.74) is 0.422. The zero-order valence-corrected chi connectivity index (χ0v) is 9.56. The minimum absolute atomic E-state index is 0.290. The third-order valence-electron chi connectivity index (χ3n) is 1.76. The van der Waals surface area contributed by atoms with E-state index in [9.17, 15) is 4.39 Å². The summed E-state index contributed by atoms with van der Waals surface area (Å²) < 4.78 is 15.7. The van der Waals surface area contributed by atoms with Crippen molar-refractivity contribution < 1.29 is 4.39 Å². The fourth-order valence-electron chi connectivity index (χ4n) is 1.13. The summed E-state index contributed by atoms with van der Waals surface area (Å²) in [4.78, 5) is 3.94. The van der Waals surface area contributed by atoms with Gasteiger partial charge in [0, 0.05) is 3.57 Å². The molecule has 72 valence electrons. The second kappa shape index (κ2) is 3.64. The van der Waals surface area contributed by atoms with E-state index in [0.29, 0.717) is 11.5 Å². The van der Waals surface area contributed by atoms with Crippen molar-refractivity contribution >= 4 is 22.6 Å². The minimum atomic E-state index is -0.290. The molecular weight excluding hydrogens is 296 g/mol. The van der Waals surface area contributed by atoms with E-state index in [1.807, 2.05) is 6.07 Å². The molecule has 2 aromatic rings. The Hall–Kier alpha value is -0.980. The van der Waals surface area contributed by atoms with Crippen LogP contribution in [0.25, 0.3) is 5.69 Å². The first-order chi connectivity index (χ1) is 6.66. The number of hydrogen-bond acceptors (Lipinski definition) is 2. The lowest BCUT2D eigenvalue weighted by Crippen LogP contribution is -1.98. The molecule has 0 aliphatic rings. The van der Waals surface area contributed by atoms with Crippen molar-refractivity contribution in [1.29, 1.82) is 0 Å². The molecule has 0 aliphatic heterocycles. The van der Waals surface area contributed by atoms with E-state index in [0.717, 1.165) is 3.57 Å². The summed E-state index contributed by atoms with van der Waals surface area (Å²) in [5.74, 6) is 0.338. The Labute approximate surface area is 94.1 Å². The number of halogens is 2. The normalized spacial score (nSPS) is 10.5. The second-order valence-electron chi connectivity index (χ2n) is 2.83. The molecule has 0 unspecified atom stereocenters. The molecule has 5 heteroatoms. The lowest BCUT2D eigenvalue weighted by molar-refractivity contribution is 0.609. The maximum absolute atomic E-state index is 13.5. The van der Waals surface area contributed by atoms with Gasteiger partial charge >= 0.3 is 0 Å². The van der Waals surface area contributed by atoms with Gasteiger partial charge in [0.05, 0.1) is 0 Å². The van der Waals surface area contributed by atoms with Gasteiger partial charge in [-0.15, -0.1) is 0 Å². The zero-order chi connectivity index (χ0) is 10.1. The monoisotopic (exact) mass is 303 g/mol. The maximum Gasteiger partial charge on any atom is 0.149 e. The zero-order valence-electron chi connectivity index (χ0n) is 7.41. The number of aromatic nitrogens is 3. The van der Waals surface area contributed by atoms with Gasteiger partial charge in [0.1, 0.15) is 23.7 Å². The molecule has 0 fully saturated rings. The average molecular weight is 303 g/mol. The number of rotatable bonds is 1. The molecule has 0 saturated carbocycles. The van der Waals surface area contributed by atoms with Gasteiger partial charge in [-0.05, 0) is 47.7 Å². The molecule has 14 heavy (non-hydrogen) atoms. The second-order valence-corrected chi connectivity index (χ2v) is 4.08. The fraction of sp³-hybridized carbons (Fsp3) is 0.111. The molecule has 0 spiro atoms. The molecule has 0 radical (unpaired) electrons. The van der Waals surface area contributed by atoms with Crippen LogP contribution in [0.2, 0.25) is 0 Å². The molecular formula is C9H7FIN3. The van der Waals surface area contributed by atoms with Gasteiger partial charge in [-0.25, -0.2) is 14.1 Å². The van der Waals surface area contributed by atoms with Crippen LogP contribution in [-0.4, -0.2) is 14.8 Å². The van der Waals surface area contributed by atoms with Crippen molar-refractivity contribution in [2.45, 2.75) is 6.92 Å². The van der Waals surface area contributed by atoms with Crippen molar-refractivity contribution in [2.75, 3.05) is 0 Å². The Bertz CT molecular complexity index is 467. The first kappa shape index (κ1) is 9.57. The number of aryl methyl sites for hydroxylation is 1. The molecule has 0 atom stereocenters. The standard InChI is InChI=1S/C9H7FIN3/c1-6-12-5-14(13-6)9-3-2-7(11)4-8(9)10/h2-5H,1H3. The van der Waals surface area contributed by atoms with Crippen LogP contribution >= 0.6 is 22.6 Å². The van der Waals surface area contributed by atoms with Gasteiger partial charge in [0.15, 0.2) is 0 Å². The Balaban J connectivity index is 2.52. The molecule has 2 rings (SSSR count). The quantitative estimate of drug-likeness (QED) is 0.757. The number of hydrogen-bond donors (Lipinski definition) is 0. The third-order valence-corrected chi connectivity index (χ3v) is 2.43. The van der Waals surface area contributed by atoms with Crippen LogP contribution in [0.15, 0.2) is 24.5 Å². The lowest BCUT2D eigenvalue weighted by Gasteiger charge is -2.01. The predicted molar refractivity (Wildman–Crippen MR) is 58.8 cm³/mol. The molecule has 0 amide bonds. The van der Waals surface area contributed by atoms with Crippen LogP contribution in [-0.2, 0) is 0 Å². The molecule has 1 aromatic heterocycles. The summed E-state index contributed by atoms with van der Waals surface area (Å²) in [7, 11) is 0. The summed E-state index contributed by atoms with van der Waals surface area (Å²) in [6.07, 6.45) is 1.50. The molecule has 0 aliphatic carbocycles. The van der Waals surface area contributed by atoms with Crippen LogP contribution < -0.4 is 0 Å². The van der Waals surface area contributed by atoms with E-state index < -0.39 is 0 Å². The molecule has 3 nitrogen and oxygen atoms in total. The Morgan fingerprint density at radius 1 is 1.43 bits per heavy atom. The van der Waals surface area contributed by atoms with Gasteiger partial charge in [-0.1, -0.05) is 0 Å². The maximum atomic E-state index is 13.5. The first-order valence-electron chi connectivity index (χ1n) is 4.00. The average Bonchev–Trinajstić information content (AvgIpc) is 2.51. The summed E-state index contributed by atoms with van der Waals surface area (Å²) in [5, 5.41) is 4.03. The highest BCUT2D eigenvalue weighted by Gasteiger charge is 2.05. The van der Waals surface area contributed by atoms with E-state index in [2.05, 4.69) is 32.7 Å². The highest BCUT2D eigenvalue weighted by Crippen LogP contribution is 2.15. The van der Waals surface area contributed by atoms with Crippen LogP contribution in [0, 0.1) is 16.3 Å². The first-order valence-corrected chi connectivity index (χ1v) is 5.08. The van der Waals surface area contributed by atoms with Crippen LogP contribution in [0.1, 0.15) is 5.82 Å². The van der Waals surface area contributed by atoms with Crippen molar-refractivity contribution in [1.82, 2.24) is 14.8 Å². The van der Waals surface area contributed by atoms with Gasteiger partial charge in [0.25, 0.3) is 0 Å². The van der Waals surface area contributed by atoms with Crippen molar-refractivity contribution in [3.8, 4) is 5.69 Å². The topological polar surface area (TPSA) is 30.7 Å². The van der Waals surface area contributed by atoms with Gasteiger partial charge in [-0.3, -0.25) is 0 Å². The number of benzene rings is 1. The van der Waals surface area contributed by atoms with Crippen LogP contribution in [0.5, 0.6) is 0 Å². The van der Waals surface area contributed by atoms with Crippen molar-refractivity contribution in [2.24, 2.45) is 0 Å². The lowest BCUT2D eigenvalue weighted by atomic mass is 10.3.